The van der Waals surface area contributed by atoms with E-state index in [0.29, 0.717) is 11.4 Å². The van der Waals surface area contributed by atoms with Gasteiger partial charge in [-0.15, -0.1) is 0 Å². The van der Waals surface area contributed by atoms with Gasteiger partial charge in [-0.3, -0.25) is 9.36 Å². The van der Waals surface area contributed by atoms with Crippen molar-refractivity contribution in [3.8, 4) is 11.4 Å². The molecule has 1 aliphatic rings. The molecule has 2 aromatic heterocycles. The van der Waals surface area contributed by atoms with Crippen molar-refractivity contribution in [2.45, 2.75) is 24.0 Å². The molecule has 1 N–H and O–H groups in total. The molecular formula is C16H19N3O4S. The molecule has 8 heteroatoms. The Morgan fingerprint density at radius 1 is 1.25 bits per heavy atom. The molecule has 3 rings (SSSR count). The van der Waals surface area contributed by atoms with Crippen molar-refractivity contribution in [2.75, 3.05) is 19.3 Å². The van der Waals surface area contributed by atoms with Crippen molar-refractivity contribution in [3.05, 3.63) is 47.0 Å². The van der Waals surface area contributed by atoms with E-state index >= 15 is 0 Å². The lowest BCUT2D eigenvalue weighted by Gasteiger charge is -2.23. The molecule has 1 fully saturated rings. The van der Waals surface area contributed by atoms with Gasteiger partial charge in [-0.25, -0.2) is 13.4 Å². The SMILES string of the molecule is CS(=O)(=O)c1ccc(-n2ccc(OC3CCNCC3)cc2=O)cn1. The lowest BCUT2D eigenvalue weighted by atomic mass is 10.1. The number of piperidine rings is 1. The number of aromatic nitrogens is 2. The van der Waals surface area contributed by atoms with Gasteiger partial charge in [0, 0.05) is 18.5 Å². The normalized spacial score (nSPS) is 16.0. The van der Waals surface area contributed by atoms with Gasteiger partial charge >= 0.3 is 0 Å². The van der Waals surface area contributed by atoms with E-state index < -0.39 is 9.84 Å². The monoisotopic (exact) mass is 349 g/mol. The molecule has 0 amide bonds. The summed E-state index contributed by atoms with van der Waals surface area (Å²) in [6.45, 7) is 1.83. The van der Waals surface area contributed by atoms with Crippen molar-refractivity contribution in [3.63, 3.8) is 0 Å². The molecule has 1 aliphatic heterocycles. The van der Waals surface area contributed by atoms with E-state index in [9.17, 15) is 13.2 Å². The minimum absolute atomic E-state index is 0.0230. The fraction of sp³-hybridized carbons (Fsp3) is 0.375. The molecular weight excluding hydrogens is 330 g/mol. The first kappa shape index (κ1) is 16.7. The second kappa shape index (κ2) is 6.74. The van der Waals surface area contributed by atoms with E-state index in [4.69, 9.17) is 4.74 Å². The first-order valence-corrected chi connectivity index (χ1v) is 9.59. The summed E-state index contributed by atoms with van der Waals surface area (Å²) >= 11 is 0. The third-order valence-electron chi connectivity index (χ3n) is 3.86. The van der Waals surface area contributed by atoms with Gasteiger partial charge in [-0.05, 0) is 44.1 Å². The quantitative estimate of drug-likeness (QED) is 0.877. The summed E-state index contributed by atoms with van der Waals surface area (Å²) in [5, 5.41) is 3.24. The summed E-state index contributed by atoms with van der Waals surface area (Å²) in [6, 6.07) is 6.11. The summed E-state index contributed by atoms with van der Waals surface area (Å²) in [5.41, 5.74) is 0.246. The van der Waals surface area contributed by atoms with Crippen LogP contribution in [0.4, 0.5) is 0 Å². The van der Waals surface area contributed by atoms with Crippen LogP contribution in [0, 0.1) is 0 Å². The van der Waals surface area contributed by atoms with Crippen LogP contribution >= 0.6 is 0 Å². The molecule has 1 saturated heterocycles. The van der Waals surface area contributed by atoms with Gasteiger partial charge in [0.15, 0.2) is 14.9 Å². The van der Waals surface area contributed by atoms with Crippen LogP contribution in [0.2, 0.25) is 0 Å². The molecule has 0 saturated carbocycles. The summed E-state index contributed by atoms with van der Waals surface area (Å²) < 4.78 is 30.1. The van der Waals surface area contributed by atoms with Crippen LogP contribution in [0.5, 0.6) is 5.75 Å². The van der Waals surface area contributed by atoms with Gasteiger partial charge < -0.3 is 10.1 Å². The van der Waals surface area contributed by atoms with Gasteiger partial charge in [0.25, 0.3) is 5.56 Å². The van der Waals surface area contributed by atoms with Crippen LogP contribution in [0.3, 0.4) is 0 Å². The van der Waals surface area contributed by atoms with E-state index in [1.54, 1.807) is 18.3 Å². The maximum absolute atomic E-state index is 12.3. The highest BCUT2D eigenvalue weighted by Gasteiger charge is 2.15. The van der Waals surface area contributed by atoms with Gasteiger partial charge in [-0.1, -0.05) is 0 Å². The maximum Gasteiger partial charge on any atom is 0.258 e. The minimum atomic E-state index is -3.36. The molecule has 24 heavy (non-hydrogen) atoms. The number of hydrogen-bond donors (Lipinski definition) is 1. The Morgan fingerprint density at radius 2 is 2.00 bits per heavy atom. The van der Waals surface area contributed by atoms with E-state index in [0.717, 1.165) is 32.2 Å². The fourth-order valence-corrected chi connectivity index (χ4v) is 3.15. The number of hydrogen-bond acceptors (Lipinski definition) is 6. The average molecular weight is 349 g/mol. The molecule has 0 aliphatic carbocycles. The largest absolute Gasteiger partial charge is 0.490 e. The molecule has 0 aromatic carbocycles. The molecule has 3 heterocycles. The molecule has 0 bridgehead atoms. The Balaban J connectivity index is 1.80. The van der Waals surface area contributed by atoms with Gasteiger partial charge in [-0.2, -0.15) is 0 Å². The Morgan fingerprint density at radius 3 is 2.58 bits per heavy atom. The molecule has 0 unspecified atom stereocenters. The van der Waals surface area contributed by atoms with Crippen LogP contribution in [0.1, 0.15) is 12.8 Å². The molecule has 0 atom stereocenters. The topological polar surface area (TPSA) is 90.3 Å². The van der Waals surface area contributed by atoms with Crippen molar-refractivity contribution in [2.24, 2.45) is 0 Å². The highest BCUT2D eigenvalue weighted by molar-refractivity contribution is 7.90. The number of nitrogens with one attached hydrogen (secondary N) is 1. The molecule has 7 nitrogen and oxygen atoms in total. The first-order valence-electron chi connectivity index (χ1n) is 7.70. The predicted molar refractivity (Wildman–Crippen MR) is 89.5 cm³/mol. The zero-order valence-electron chi connectivity index (χ0n) is 13.3. The van der Waals surface area contributed by atoms with Crippen LogP contribution in [0.25, 0.3) is 5.69 Å². The number of rotatable bonds is 4. The first-order chi connectivity index (χ1) is 11.4. The highest BCUT2D eigenvalue weighted by Crippen LogP contribution is 2.16. The van der Waals surface area contributed by atoms with Crippen molar-refractivity contribution < 1.29 is 13.2 Å². The highest BCUT2D eigenvalue weighted by atomic mass is 32.2. The smallest absolute Gasteiger partial charge is 0.258 e. The van der Waals surface area contributed by atoms with Gasteiger partial charge in [0.1, 0.15) is 11.9 Å². The van der Waals surface area contributed by atoms with Crippen molar-refractivity contribution in [1.29, 1.82) is 0 Å². The van der Waals surface area contributed by atoms with Crippen molar-refractivity contribution >= 4 is 9.84 Å². The number of pyridine rings is 2. The summed E-state index contributed by atoms with van der Waals surface area (Å²) in [5.74, 6) is 0.545. The molecule has 0 spiro atoms. The fourth-order valence-electron chi connectivity index (χ4n) is 2.59. The number of ether oxygens (including phenoxy) is 1. The van der Waals surface area contributed by atoms with Crippen LogP contribution in [-0.2, 0) is 9.84 Å². The van der Waals surface area contributed by atoms with Crippen LogP contribution in [-0.4, -0.2) is 43.4 Å². The molecule has 128 valence electrons. The van der Waals surface area contributed by atoms with E-state index in [1.807, 2.05) is 0 Å². The summed E-state index contributed by atoms with van der Waals surface area (Å²) in [4.78, 5) is 16.2. The lowest BCUT2D eigenvalue weighted by Crippen LogP contribution is -2.34. The van der Waals surface area contributed by atoms with E-state index in [2.05, 4.69) is 10.3 Å². The molecule has 0 radical (unpaired) electrons. The average Bonchev–Trinajstić information content (AvgIpc) is 2.55. The Bertz CT molecular complexity index is 869. The Labute approximate surface area is 140 Å². The second-order valence-corrected chi connectivity index (χ2v) is 7.73. The standard InChI is InChI=1S/C16H19N3O4S/c1-24(21,22)15-3-2-12(11-18-15)19-9-6-14(10-16(19)20)23-13-4-7-17-8-5-13/h2-3,6,9-11,13,17H,4-5,7-8H2,1H3. The third-order valence-corrected chi connectivity index (χ3v) is 4.86. The molecule has 2 aromatic rings. The van der Waals surface area contributed by atoms with Crippen LogP contribution in [0.15, 0.2) is 46.5 Å². The zero-order valence-corrected chi connectivity index (χ0v) is 14.1. The Kier molecular flexibility index (Phi) is 4.68. The van der Waals surface area contributed by atoms with Crippen molar-refractivity contribution in [1.82, 2.24) is 14.9 Å². The predicted octanol–water partition coefficient (Wildman–Crippen LogP) is 0.767. The summed E-state index contributed by atoms with van der Waals surface area (Å²) in [6.07, 6.45) is 6.02. The second-order valence-electron chi connectivity index (χ2n) is 5.76. The maximum atomic E-state index is 12.3. The lowest BCUT2D eigenvalue weighted by molar-refractivity contribution is 0.162. The van der Waals surface area contributed by atoms with Gasteiger partial charge in [0.05, 0.1) is 11.9 Å². The number of sulfone groups is 1. The van der Waals surface area contributed by atoms with E-state index in [1.165, 1.54) is 22.9 Å². The zero-order chi connectivity index (χ0) is 17.2. The minimum Gasteiger partial charge on any atom is -0.490 e. The summed E-state index contributed by atoms with van der Waals surface area (Å²) in [7, 11) is -3.36. The number of nitrogens with zero attached hydrogens (tertiary/aromatic N) is 2. The van der Waals surface area contributed by atoms with Crippen LogP contribution < -0.4 is 15.6 Å². The Hall–Kier alpha value is -2.19. The van der Waals surface area contributed by atoms with E-state index in [-0.39, 0.29) is 16.7 Å². The third kappa shape index (κ3) is 3.82. The van der Waals surface area contributed by atoms with Gasteiger partial charge in [0.2, 0.25) is 0 Å².